The van der Waals surface area contributed by atoms with Crippen LogP contribution in [-0.2, 0) is 17.8 Å². The van der Waals surface area contributed by atoms with E-state index in [1.165, 1.54) is 18.4 Å². The smallest absolute Gasteiger partial charge is 0.147 e. The normalized spacial score (nSPS) is 17.7. The summed E-state index contributed by atoms with van der Waals surface area (Å²) < 4.78 is 0. The molecule has 110 valence electrons. The first-order chi connectivity index (χ1) is 10.2. The predicted molar refractivity (Wildman–Crippen MR) is 91.6 cm³/mol. The van der Waals surface area contributed by atoms with Gasteiger partial charge in [0.2, 0.25) is 0 Å². The second-order valence-corrected chi connectivity index (χ2v) is 5.79. The van der Waals surface area contributed by atoms with Gasteiger partial charge in [-0.2, -0.15) is 0 Å². The molecular formula is C18H21NOS. The van der Waals surface area contributed by atoms with Crippen LogP contribution in [0.15, 0.2) is 42.0 Å². The Bertz CT molecular complexity index is 601. The maximum atomic E-state index is 11.3. The fraction of sp³-hybridized carbons (Fsp3) is 0.333. The zero-order chi connectivity index (χ0) is 15.2. The molecule has 1 aliphatic rings. The quantitative estimate of drug-likeness (QED) is 0.644. The molecule has 0 heterocycles. The molecule has 1 unspecified atom stereocenters. The lowest BCUT2D eigenvalue weighted by atomic mass is 9.82. The molecule has 0 radical (unpaired) electrons. The number of carbonyl (C=O) groups excluding carboxylic acids is 1. The van der Waals surface area contributed by atoms with E-state index >= 15 is 0 Å². The molecule has 0 fully saturated rings. The van der Waals surface area contributed by atoms with Crippen molar-refractivity contribution in [1.82, 2.24) is 0 Å². The topological polar surface area (TPSA) is 43.1 Å². The van der Waals surface area contributed by atoms with Gasteiger partial charge in [0.1, 0.15) is 6.29 Å². The fourth-order valence-corrected chi connectivity index (χ4v) is 3.05. The monoisotopic (exact) mass is 299 g/mol. The third-order valence-corrected chi connectivity index (χ3v) is 4.23. The Morgan fingerprint density at radius 3 is 2.86 bits per heavy atom. The van der Waals surface area contributed by atoms with Crippen molar-refractivity contribution in [3.63, 3.8) is 0 Å². The summed E-state index contributed by atoms with van der Waals surface area (Å²) in [5.74, 6) is -0.138. The van der Waals surface area contributed by atoms with Crippen LogP contribution >= 0.6 is 12.2 Å². The third kappa shape index (κ3) is 3.55. The second-order valence-electron chi connectivity index (χ2n) is 5.32. The average Bonchev–Trinajstić information content (AvgIpc) is 2.52. The number of hydrogen-bond acceptors (Lipinski definition) is 3. The number of hydrogen-bond donors (Lipinski definition) is 1. The molecule has 0 bridgehead atoms. The Morgan fingerprint density at radius 1 is 1.38 bits per heavy atom. The van der Waals surface area contributed by atoms with Crippen molar-refractivity contribution in [1.29, 1.82) is 0 Å². The summed E-state index contributed by atoms with van der Waals surface area (Å²) in [5, 5.41) is 0. The molecule has 2 nitrogen and oxygen atoms in total. The minimum atomic E-state index is -0.138. The van der Waals surface area contributed by atoms with Crippen molar-refractivity contribution < 1.29 is 4.79 Å². The Labute approximate surface area is 131 Å². The second kappa shape index (κ2) is 7.43. The Balaban J connectivity index is 2.38. The van der Waals surface area contributed by atoms with Crippen LogP contribution in [-0.4, -0.2) is 11.2 Å². The number of carbonyl (C=O) groups is 1. The Kier molecular flexibility index (Phi) is 5.59. The largest absolute Gasteiger partial charge is 0.326 e. The van der Waals surface area contributed by atoms with E-state index in [0.717, 1.165) is 28.7 Å². The minimum absolute atomic E-state index is 0.138. The standard InChI is InChI=1S/C18H21NOS/c1-2-3-5-13-8-9-16(15(10-13)11-19)18-14(12-20)6-4-7-17(18)21/h4,6-10,12,18H,2-3,5,11,19H2,1H3. The molecule has 3 heteroatoms. The van der Waals surface area contributed by atoms with E-state index in [0.29, 0.717) is 12.1 Å². The number of aryl methyl sites for hydroxylation is 1. The van der Waals surface area contributed by atoms with Gasteiger partial charge in [-0.15, -0.1) is 0 Å². The lowest BCUT2D eigenvalue weighted by Crippen LogP contribution is -2.18. The van der Waals surface area contributed by atoms with Gasteiger partial charge in [-0.25, -0.2) is 0 Å². The first-order valence-corrected chi connectivity index (χ1v) is 7.81. The van der Waals surface area contributed by atoms with Crippen LogP contribution in [0.1, 0.15) is 42.4 Å². The summed E-state index contributed by atoms with van der Waals surface area (Å²) in [6, 6.07) is 6.38. The molecule has 0 aromatic heterocycles. The third-order valence-electron chi connectivity index (χ3n) is 3.86. The van der Waals surface area contributed by atoms with Crippen molar-refractivity contribution in [3.05, 3.63) is 58.7 Å². The van der Waals surface area contributed by atoms with E-state index in [2.05, 4.69) is 25.1 Å². The number of nitrogens with two attached hydrogens (primary N) is 1. The van der Waals surface area contributed by atoms with Crippen molar-refractivity contribution in [2.75, 3.05) is 0 Å². The summed E-state index contributed by atoms with van der Waals surface area (Å²) >= 11 is 5.44. The summed E-state index contributed by atoms with van der Waals surface area (Å²) in [6.07, 6.45) is 9.86. The van der Waals surface area contributed by atoms with Gasteiger partial charge in [-0.1, -0.05) is 55.9 Å². The number of thiocarbonyl (C=S) groups is 1. The van der Waals surface area contributed by atoms with Crippen LogP contribution in [0.2, 0.25) is 0 Å². The molecule has 0 saturated carbocycles. The average molecular weight is 299 g/mol. The van der Waals surface area contributed by atoms with Gasteiger partial charge in [-0.3, -0.25) is 4.79 Å². The lowest BCUT2D eigenvalue weighted by Gasteiger charge is -2.22. The maximum absolute atomic E-state index is 11.3. The maximum Gasteiger partial charge on any atom is 0.147 e. The first-order valence-electron chi connectivity index (χ1n) is 7.40. The first kappa shape index (κ1) is 15.8. The predicted octanol–water partition coefficient (Wildman–Crippen LogP) is 3.64. The van der Waals surface area contributed by atoms with Crippen molar-refractivity contribution >= 4 is 23.4 Å². The van der Waals surface area contributed by atoms with Crippen molar-refractivity contribution in [2.24, 2.45) is 5.73 Å². The van der Waals surface area contributed by atoms with Crippen LogP contribution in [0.4, 0.5) is 0 Å². The van der Waals surface area contributed by atoms with Gasteiger partial charge in [-0.05, 0) is 35.6 Å². The highest BCUT2D eigenvalue weighted by Crippen LogP contribution is 2.31. The van der Waals surface area contributed by atoms with Crippen LogP contribution in [0.5, 0.6) is 0 Å². The molecule has 1 atom stereocenters. The molecule has 21 heavy (non-hydrogen) atoms. The minimum Gasteiger partial charge on any atom is -0.326 e. The van der Waals surface area contributed by atoms with Crippen LogP contribution in [0.25, 0.3) is 0 Å². The summed E-state index contributed by atoms with van der Waals surface area (Å²) in [7, 11) is 0. The molecule has 0 amide bonds. The molecule has 2 N–H and O–H groups in total. The molecule has 0 aliphatic heterocycles. The summed E-state index contributed by atoms with van der Waals surface area (Å²) in [4.78, 5) is 12.1. The zero-order valence-electron chi connectivity index (χ0n) is 12.3. The van der Waals surface area contributed by atoms with E-state index < -0.39 is 0 Å². The number of rotatable bonds is 6. The molecule has 1 aromatic rings. The number of aldehydes is 1. The summed E-state index contributed by atoms with van der Waals surface area (Å²) in [6.45, 7) is 2.65. The van der Waals surface area contributed by atoms with Crippen molar-refractivity contribution in [3.8, 4) is 0 Å². The van der Waals surface area contributed by atoms with Crippen LogP contribution < -0.4 is 5.73 Å². The van der Waals surface area contributed by atoms with E-state index in [1.807, 2.05) is 18.2 Å². The SMILES string of the molecule is CCCCc1ccc(C2C(=S)C=CC=C2C=O)c(CN)c1. The molecule has 0 saturated heterocycles. The Morgan fingerprint density at radius 2 is 2.19 bits per heavy atom. The van der Waals surface area contributed by atoms with E-state index in [4.69, 9.17) is 18.0 Å². The van der Waals surface area contributed by atoms with Gasteiger partial charge in [0.15, 0.2) is 0 Å². The van der Waals surface area contributed by atoms with E-state index in [9.17, 15) is 4.79 Å². The van der Waals surface area contributed by atoms with E-state index in [1.54, 1.807) is 0 Å². The van der Waals surface area contributed by atoms with Gasteiger partial charge in [0, 0.05) is 22.9 Å². The molecule has 2 rings (SSSR count). The van der Waals surface area contributed by atoms with Crippen LogP contribution in [0.3, 0.4) is 0 Å². The zero-order valence-corrected chi connectivity index (χ0v) is 13.2. The van der Waals surface area contributed by atoms with Crippen LogP contribution in [0, 0.1) is 0 Å². The molecular weight excluding hydrogens is 278 g/mol. The highest BCUT2D eigenvalue weighted by molar-refractivity contribution is 7.80. The van der Waals surface area contributed by atoms with Gasteiger partial charge in [0.25, 0.3) is 0 Å². The highest BCUT2D eigenvalue weighted by atomic mass is 32.1. The van der Waals surface area contributed by atoms with E-state index in [-0.39, 0.29) is 5.92 Å². The van der Waals surface area contributed by atoms with Crippen molar-refractivity contribution in [2.45, 2.75) is 38.6 Å². The molecule has 1 aliphatic carbocycles. The number of allylic oxidation sites excluding steroid dienone is 4. The van der Waals surface area contributed by atoms with Gasteiger partial charge >= 0.3 is 0 Å². The number of benzene rings is 1. The highest BCUT2D eigenvalue weighted by Gasteiger charge is 2.23. The summed E-state index contributed by atoms with van der Waals surface area (Å²) in [5.41, 5.74) is 10.1. The lowest BCUT2D eigenvalue weighted by molar-refractivity contribution is -0.105. The number of unbranched alkanes of at least 4 members (excludes halogenated alkanes) is 1. The van der Waals surface area contributed by atoms with Gasteiger partial charge in [0.05, 0.1) is 0 Å². The fourth-order valence-electron chi connectivity index (χ4n) is 2.70. The Hall–Kier alpha value is -1.58. The van der Waals surface area contributed by atoms with Gasteiger partial charge < -0.3 is 5.73 Å². The molecule has 0 spiro atoms. The molecule has 1 aromatic carbocycles.